The van der Waals surface area contributed by atoms with Crippen LogP contribution in [0.25, 0.3) is 0 Å². The number of carbonyl (C=O) groups is 1. The van der Waals surface area contributed by atoms with Gasteiger partial charge in [0.05, 0.1) is 5.92 Å². The van der Waals surface area contributed by atoms with Crippen LogP contribution >= 0.6 is 0 Å². The lowest BCUT2D eigenvalue weighted by Gasteiger charge is -2.33. The summed E-state index contributed by atoms with van der Waals surface area (Å²) in [7, 11) is 5.76. The minimum atomic E-state index is 0.175. The third kappa shape index (κ3) is 2.93. The van der Waals surface area contributed by atoms with Gasteiger partial charge in [0.15, 0.2) is 0 Å². The smallest absolute Gasteiger partial charge is 0.226 e. The van der Waals surface area contributed by atoms with E-state index in [1.54, 1.807) is 4.90 Å². The zero-order valence-electron chi connectivity index (χ0n) is 11.6. The van der Waals surface area contributed by atoms with Gasteiger partial charge in [-0.15, -0.1) is 0 Å². The number of amides is 1. The van der Waals surface area contributed by atoms with Crippen LogP contribution in [0.2, 0.25) is 0 Å². The number of aryl methyl sites for hydroxylation is 1. The lowest BCUT2D eigenvalue weighted by atomic mass is 9.96. The Balaban J connectivity index is 1.95. The largest absolute Gasteiger partial charge is 0.353 e. The molecule has 4 heteroatoms. The highest BCUT2D eigenvalue weighted by Gasteiger charge is 2.26. The minimum Gasteiger partial charge on any atom is -0.353 e. The standard InChI is InChI=1S/C14H23N3O/c1-15(2)14(18)12-6-4-9-17(10-12)11-13-7-5-8-16(13)3/h5,7-8,12H,4,6,9-11H2,1-3H3/t12-/m1/s1. The van der Waals surface area contributed by atoms with Crippen molar-refractivity contribution in [2.45, 2.75) is 19.4 Å². The number of likely N-dealkylation sites (tertiary alicyclic amines) is 1. The molecular weight excluding hydrogens is 226 g/mol. The molecule has 2 rings (SSSR count). The second kappa shape index (κ2) is 5.57. The molecule has 0 saturated carbocycles. The maximum absolute atomic E-state index is 12.0. The van der Waals surface area contributed by atoms with Crippen LogP contribution in [0.5, 0.6) is 0 Å². The maximum atomic E-state index is 12.0. The van der Waals surface area contributed by atoms with Crippen LogP contribution in [0.4, 0.5) is 0 Å². The first-order valence-corrected chi connectivity index (χ1v) is 6.61. The van der Waals surface area contributed by atoms with Gasteiger partial charge in [0.2, 0.25) is 5.91 Å². The van der Waals surface area contributed by atoms with Crippen molar-refractivity contribution in [1.82, 2.24) is 14.4 Å². The van der Waals surface area contributed by atoms with Crippen molar-refractivity contribution in [3.05, 3.63) is 24.0 Å². The van der Waals surface area contributed by atoms with E-state index >= 15 is 0 Å². The number of hydrogen-bond donors (Lipinski definition) is 0. The third-order valence-corrected chi connectivity index (χ3v) is 3.73. The van der Waals surface area contributed by atoms with Gasteiger partial charge in [0.1, 0.15) is 0 Å². The maximum Gasteiger partial charge on any atom is 0.226 e. The molecule has 1 saturated heterocycles. The second-order valence-corrected chi connectivity index (χ2v) is 5.42. The number of aromatic nitrogens is 1. The van der Waals surface area contributed by atoms with E-state index in [9.17, 15) is 4.79 Å². The lowest BCUT2D eigenvalue weighted by Crippen LogP contribution is -2.42. The molecule has 0 aromatic carbocycles. The first-order valence-electron chi connectivity index (χ1n) is 6.61. The molecule has 100 valence electrons. The first kappa shape index (κ1) is 13.1. The Kier molecular flexibility index (Phi) is 4.07. The Morgan fingerprint density at radius 3 is 2.89 bits per heavy atom. The fourth-order valence-corrected chi connectivity index (χ4v) is 2.66. The van der Waals surface area contributed by atoms with Gasteiger partial charge in [-0.25, -0.2) is 0 Å². The quantitative estimate of drug-likeness (QED) is 0.808. The molecule has 1 aromatic heterocycles. The van der Waals surface area contributed by atoms with E-state index < -0.39 is 0 Å². The molecule has 0 bridgehead atoms. The van der Waals surface area contributed by atoms with Gasteiger partial charge in [-0.05, 0) is 31.5 Å². The second-order valence-electron chi connectivity index (χ2n) is 5.42. The zero-order valence-corrected chi connectivity index (χ0v) is 11.6. The monoisotopic (exact) mass is 249 g/mol. The highest BCUT2D eigenvalue weighted by molar-refractivity contribution is 5.78. The summed E-state index contributed by atoms with van der Waals surface area (Å²) < 4.78 is 2.15. The molecular formula is C14H23N3O. The number of piperidine rings is 1. The van der Waals surface area contributed by atoms with Crippen LogP contribution in [0.15, 0.2) is 18.3 Å². The molecule has 2 heterocycles. The number of hydrogen-bond acceptors (Lipinski definition) is 2. The van der Waals surface area contributed by atoms with Crippen molar-refractivity contribution in [3.63, 3.8) is 0 Å². The van der Waals surface area contributed by atoms with Crippen LogP contribution < -0.4 is 0 Å². The van der Waals surface area contributed by atoms with Crippen molar-refractivity contribution in [3.8, 4) is 0 Å². The van der Waals surface area contributed by atoms with Crippen molar-refractivity contribution < 1.29 is 4.79 Å². The predicted octanol–water partition coefficient (Wildman–Crippen LogP) is 1.33. The van der Waals surface area contributed by atoms with E-state index in [0.29, 0.717) is 0 Å². The molecule has 0 spiro atoms. The topological polar surface area (TPSA) is 28.5 Å². The Hall–Kier alpha value is -1.29. The summed E-state index contributed by atoms with van der Waals surface area (Å²) in [6.45, 7) is 2.94. The van der Waals surface area contributed by atoms with E-state index in [-0.39, 0.29) is 11.8 Å². The molecule has 1 aromatic rings. The first-order chi connectivity index (χ1) is 8.58. The molecule has 18 heavy (non-hydrogen) atoms. The van der Waals surface area contributed by atoms with Gasteiger partial charge in [-0.2, -0.15) is 0 Å². The van der Waals surface area contributed by atoms with Gasteiger partial charge in [-0.3, -0.25) is 9.69 Å². The van der Waals surface area contributed by atoms with Gasteiger partial charge >= 0.3 is 0 Å². The van der Waals surface area contributed by atoms with Crippen molar-refractivity contribution >= 4 is 5.91 Å². The van der Waals surface area contributed by atoms with Gasteiger partial charge < -0.3 is 9.47 Å². The Morgan fingerprint density at radius 2 is 2.28 bits per heavy atom. The fourth-order valence-electron chi connectivity index (χ4n) is 2.66. The van der Waals surface area contributed by atoms with Gasteiger partial charge in [-0.1, -0.05) is 0 Å². The SMILES string of the molecule is CN(C)C(=O)[C@@H]1CCCN(Cc2cccn2C)C1. The Bertz CT molecular complexity index is 411. The van der Waals surface area contributed by atoms with Crippen molar-refractivity contribution in [2.75, 3.05) is 27.2 Å². The third-order valence-electron chi connectivity index (χ3n) is 3.73. The summed E-state index contributed by atoms with van der Waals surface area (Å²) in [6, 6.07) is 4.22. The summed E-state index contributed by atoms with van der Waals surface area (Å²) in [5.41, 5.74) is 1.31. The van der Waals surface area contributed by atoms with Gasteiger partial charge in [0.25, 0.3) is 0 Å². The molecule has 4 nitrogen and oxygen atoms in total. The highest BCUT2D eigenvalue weighted by Crippen LogP contribution is 2.20. The molecule has 0 unspecified atom stereocenters. The number of carbonyl (C=O) groups excluding carboxylic acids is 1. The van der Waals surface area contributed by atoms with Gasteiger partial charge in [0, 0.05) is 46.1 Å². The molecule has 1 aliphatic rings. The fraction of sp³-hybridized carbons (Fsp3) is 0.643. The summed E-state index contributed by atoms with van der Waals surface area (Å²) in [6.07, 6.45) is 4.22. The zero-order chi connectivity index (χ0) is 13.1. The van der Waals surface area contributed by atoms with Crippen LogP contribution in [0, 0.1) is 5.92 Å². The molecule has 0 N–H and O–H groups in total. The van der Waals surface area contributed by atoms with Crippen molar-refractivity contribution in [2.24, 2.45) is 13.0 Å². The van der Waals surface area contributed by atoms with Crippen LogP contribution in [-0.2, 0) is 18.4 Å². The van der Waals surface area contributed by atoms with Crippen LogP contribution in [-0.4, -0.2) is 47.5 Å². The average molecular weight is 249 g/mol. The highest BCUT2D eigenvalue weighted by atomic mass is 16.2. The summed E-state index contributed by atoms with van der Waals surface area (Å²) in [5.74, 6) is 0.445. The Labute approximate surface area is 109 Å². The van der Waals surface area contributed by atoms with E-state index in [4.69, 9.17) is 0 Å². The predicted molar refractivity (Wildman–Crippen MR) is 72.1 cm³/mol. The summed E-state index contributed by atoms with van der Waals surface area (Å²) in [5, 5.41) is 0. The molecule has 0 radical (unpaired) electrons. The molecule has 0 aliphatic carbocycles. The van der Waals surface area contributed by atoms with E-state index in [1.807, 2.05) is 14.1 Å². The average Bonchev–Trinajstić information content (AvgIpc) is 2.74. The Morgan fingerprint density at radius 1 is 1.50 bits per heavy atom. The van der Waals surface area contributed by atoms with E-state index in [0.717, 1.165) is 32.5 Å². The molecule has 1 aliphatic heterocycles. The molecule has 1 atom stereocenters. The van der Waals surface area contributed by atoms with E-state index in [1.165, 1.54) is 5.69 Å². The summed E-state index contributed by atoms with van der Waals surface area (Å²) >= 11 is 0. The number of nitrogens with zero attached hydrogens (tertiary/aromatic N) is 3. The molecule has 1 fully saturated rings. The van der Waals surface area contributed by atoms with Crippen LogP contribution in [0.1, 0.15) is 18.5 Å². The number of rotatable bonds is 3. The van der Waals surface area contributed by atoms with Crippen molar-refractivity contribution in [1.29, 1.82) is 0 Å². The molecule has 1 amide bonds. The van der Waals surface area contributed by atoms with Crippen LogP contribution in [0.3, 0.4) is 0 Å². The lowest BCUT2D eigenvalue weighted by molar-refractivity contribution is -0.134. The summed E-state index contributed by atoms with van der Waals surface area (Å²) in [4.78, 5) is 16.1. The minimum absolute atomic E-state index is 0.175. The van der Waals surface area contributed by atoms with E-state index in [2.05, 4.69) is 34.8 Å². The normalized spacial score (nSPS) is 20.9.